The molecule has 0 aliphatic carbocycles. The average Bonchev–Trinajstić information content (AvgIpc) is 3.00. The van der Waals surface area contributed by atoms with Crippen LogP contribution in [0.4, 0.5) is 0 Å². The highest BCUT2D eigenvalue weighted by molar-refractivity contribution is 5.99. The number of hydrogen-bond acceptors (Lipinski definition) is 2. The van der Waals surface area contributed by atoms with Crippen LogP contribution in [0.15, 0.2) is 48.5 Å². The summed E-state index contributed by atoms with van der Waals surface area (Å²) in [4.78, 5) is 18.6. The molecule has 1 atom stereocenters. The molecule has 0 bridgehead atoms. The molecule has 1 unspecified atom stereocenters. The fraction of sp³-hybridized carbons (Fsp3) is 0.375. The van der Waals surface area contributed by atoms with Crippen LogP contribution in [0.5, 0.6) is 0 Å². The number of amides is 1. The van der Waals surface area contributed by atoms with Crippen LogP contribution in [0.3, 0.4) is 0 Å². The van der Waals surface area contributed by atoms with Crippen molar-refractivity contribution in [2.45, 2.75) is 33.2 Å². The third-order valence-corrected chi connectivity index (χ3v) is 5.97. The standard InChI is InChI=1S/C24H29N3O/c1-17-18(2)26-23-11-10-21(13-22(17)23)24(28)25-14-20-9-6-12-27(16-20)15-19-7-4-3-5-8-19/h3-5,7-8,10-11,13,20,26H,6,9,12,14-16H2,1-2H3,(H,25,28). The minimum atomic E-state index is 0.0281. The Kier molecular flexibility index (Phi) is 5.49. The van der Waals surface area contributed by atoms with Crippen molar-refractivity contribution < 1.29 is 4.79 Å². The molecule has 146 valence electrons. The molecule has 28 heavy (non-hydrogen) atoms. The number of piperidine rings is 1. The number of aryl methyl sites for hydroxylation is 2. The number of H-pyrrole nitrogens is 1. The van der Waals surface area contributed by atoms with Crippen molar-refractivity contribution in [1.29, 1.82) is 0 Å². The van der Waals surface area contributed by atoms with Gasteiger partial charge in [-0.2, -0.15) is 0 Å². The molecule has 0 spiro atoms. The van der Waals surface area contributed by atoms with Crippen LogP contribution in [0.2, 0.25) is 0 Å². The summed E-state index contributed by atoms with van der Waals surface area (Å²) >= 11 is 0. The van der Waals surface area contributed by atoms with Gasteiger partial charge in [0.25, 0.3) is 5.91 Å². The van der Waals surface area contributed by atoms with Crippen molar-refractivity contribution in [2.24, 2.45) is 5.92 Å². The van der Waals surface area contributed by atoms with Gasteiger partial charge in [-0.1, -0.05) is 30.3 Å². The van der Waals surface area contributed by atoms with E-state index in [0.717, 1.165) is 48.3 Å². The lowest BCUT2D eigenvalue weighted by molar-refractivity contribution is 0.0930. The second-order valence-electron chi connectivity index (χ2n) is 8.07. The largest absolute Gasteiger partial charge is 0.358 e. The second kappa shape index (κ2) is 8.19. The van der Waals surface area contributed by atoms with Gasteiger partial charge in [0.1, 0.15) is 0 Å². The number of fused-ring (bicyclic) bond motifs is 1. The number of benzene rings is 2. The van der Waals surface area contributed by atoms with Gasteiger partial charge in [-0.3, -0.25) is 9.69 Å². The predicted molar refractivity (Wildman–Crippen MR) is 115 cm³/mol. The summed E-state index contributed by atoms with van der Waals surface area (Å²) in [6, 6.07) is 16.6. The summed E-state index contributed by atoms with van der Waals surface area (Å²) in [5, 5.41) is 4.30. The molecule has 2 heterocycles. The number of nitrogens with one attached hydrogen (secondary N) is 2. The Hall–Kier alpha value is -2.59. The van der Waals surface area contributed by atoms with Gasteiger partial charge >= 0.3 is 0 Å². The summed E-state index contributed by atoms with van der Waals surface area (Å²) < 4.78 is 0. The molecule has 4 rings (SSSR count). The first kappa shape index (κ1) is 18.8. The van der Waals surface area contributed by atoms with E-state index >= 15 is 0 Å². The van der Waals surface area contributed by atoms with Gasteiger partial charge in [-0.05, 0) is 68.5 Å². The molecule has 1 aliphatic heterocycles. The van der Waals surface area contributed by atoms with Crippen LogP contribution in [0.25, 0.3) is 10.9 Å². The minimum absolute atomic E-state index is 0.0281. The van der Waals surface area contributed by atoms with E-state index in [-0.39, 0.29) is 5.91 Å². The highest BCUT2D eigenvalue weighted by Crippen LogP contribution is 2.23. The highest BCUT2D eigenvalue weighted by Gasteiger charge is 2.21. The van der Waals surface area contributed by atoms with Gasteiger partial charge in [0, 0.05) is 41.8 Å². The molecular formula is C24H29N3O. The third-order valence-electron chi connectivity index (χ3n) is 5.97. The maximum absolute atomic E-state index is 12.7. The Morgan fingerprint density at radius 2 is 2.00 bits per heavy atom. The number of carbonyl (C=O) groups is 1. The van der Waals surface area contributed by atoms with Gasteiger partial charge in [0.05, 0.1) is 0 Å². The fourth-order valence-electron chi connectivity index (χ4n) is 4.24. The Labute approximate surface area is 166 Å². The maximum Gasteiger partial charge on any atom is 0.251 e. The zero-order chi connectivity index (χ0) is 19.5. The molecule has 1 aliphatic rings. The molecule has 1 fully saturated rings. The SMILES string of the molecule is Cc1[nH]c2ccc(C(=O)NCC3CCCN(Cc4ccccc4)C3)cc2c1C. The first-order chi connectivity index (χ1) is 13.6. The monoisotopic (exact) mass is 375 g/mol. The molecule has 4 nitrogen and oxygen atoms in total. The fourth-order valence-corrected chi connectivity index (χ4v) is 4.24. The summed E-state index contributed by atoms with van der Waals surface area (Å²) in [6.45, 7) is 8.09. The molecule has 0 radical (unpaired) electrons. The maximum atomic E-state index is 12.7. The lowest BCUT2D eigenvalue weighted by Gasteiger charge is -2.32. The zero-order valence-corrected chi connectivity index (χ0v) is 16.8. The molecule has 4 heteroatoms. The Morgan fingerprint density at radius 3 is 2.82 bits per heavy atom. The van der Waals surface area contributed by atoms with E-state index in [1.165, 1.54) is 24.0 Å². The number of aromatic amines is 1. The number of carbonyl (C=O) groups excluding carboxylic acids is 1. The minimum Gasteiger partial charge on any atom is -0.358 e. The molecule has 1 aromatic heterocycles. The Morgan fingerprint density at radius 1 is 1.18 bits per heavy atom. The van der Waals surface area contributed by atoms with E-state index in [0.29, 0.717) is 5.92 Å². The number of likely N-dealkylation sites (tertiary alicyclic amines) is 1. The van der Waals surface area contributed by atoms with Crippen molar-refractivity contribution >= 4 is 16.8 Å². The second-order valence-corrected chi connectivity index (χ2v) is 8.07. The molecule has 0 saturated carbocycles. The van der Waals surface area contributed by atoms with Crippen LogP contribution < -0.4 is 5.32 Å². The van der Waals surface area contributed by atoms with E-state index in [1.807, 2.05) is 18.2 Å². The summed E-state index contributed by atoms with van der Waals surface area (Å²) in [5.41, 5.74) is 5.57. The van der Waals surface area contributed by atoms with E-state index < -0.39 is 0 Å². The van der Waals surface area contributed by atoms with Crippen LogP contribution in [-0.2, 0) is 6.54 Å². The number of aromatic nitrogens is 1. The highest BCUT2D eigenvalue weighted by atomic mass is 16.1. The molecular weight excluding hydrogens is 346 g/mol. The third kappa shape index (κ3) is 4.12. The van der Waals surface area contributed by atoms with Crippen LogP contribution in [-0.4, -0.2) is 35.4 Å². The molecule has 1 saturated heterocycles. The van der Waals surface area contributed by atoms with Gasteiger partial charge < -0.3 is 10.3 Å². The van der Waals surface area contributed by atoms with Gasteiger partial charge in [-0.15, -0.1) is 0 Å². The van der Waals surface area contributed by atoms with Crippen LogP contribution in [0.1, 0.15) is 40.0 Å². The first-order valence-corrected chi connectivity index (χ1v) is 10.2. The van der Waals surface area contributed by atoms with E-state index in [9.17, 15) is 4.79 Å². The lowest BCUT2D eigenvalue weighted by atomic mass is 9.97. The zero-order valence-electron chi connectivity index (χ0n) is 16.8. The molecule has 3 aromatic rings. The Bertz CT molecular complexity index is 961. The normalized spacial score (nSPS) is 17.7. The predicted octanol–water partition coefficient (Wildman–Crippen LogP) is 4.43. The quantitative estimate of drug-likeness (QED) is 0.693. The van der Waals surface area contributed by atoms with E-state index in [4.69, 9.17) is 0 Å². The smallest absolute Gasteiger partial charge is 0.251 e. The van der Waals surface area contributed by atoms with Gasteiger partial charge in [0.2, 0.25) is 0 Å². The Balaban J connectivity index is 1.34. The molecule has 2 aromatic carbocycles. The van der Waals surface area contributed by atoms with Crippen molar-refractivity contribution in [1.82, 2.24) is 15.2 Å². The summed E-state index contributed by atoms with van der Waals surface area (Å²) in [6.07, 6.45) is 2.38. The van der Waals surface area contributed by atoms with Crippen molar-refractivity contribution in [3.63, 3.8) is 0 Å². The number of nitrogens with zero attached hydrogens (tertiary/aromatic N) is 1. The van der Waals surface area contributed by atoms with E-state index in [2.05, 4.69) is 59.4 Å². The topological polar surface area (TPSA) is 48.1 Å². The van der Waals surface area contributed by atoms with Gasteiger partial charge in [-0.25, -0.2) is 0 Å². The number of rotatable bonds is 5. The summed E-state index contributed by atoms with van der Waals surface area (Å²) in [7, 11) is 0. The van der Waals surface area contributed by atoms with Crippen LogP contribution in [0, 0.1) is 19.8 Å². The average molecular weight is 376 g/mol. The molecule has 2 N–H and O–H groups in total. The van der Waals surface area contributed by atoms with Crippen molar-refractivity contribution in [3.05, 3.63) is 70.9 Å². The first-order valence-electron chi connectivity index (χ1n) is 10.2. The van der Waals surface area contributed by atoms with Crippen molar-refractivity contribution in [2.75, 3.05) is 19.6 Å². The number of hydrogen-bond donors (Lipinski definition) is 2. The summed E-state index contributed by atoms with van der Waals surface area (Å²) in [5.74, 6) is 0.543. The van der Waals surface area contributed by atoms with E-state index in [1.54, 1.807) is 0 Å². The molecule has 1 amide bonds. The van der Waals surface area contributed by atoms with Gasteiger partial charge in [0.15, 0.2) is 0 Å². The van der Waals surface area contributed by atoms with Crippen molar-refractivity contribution in [3.8, 4) is 0 Å². The lowest BCUT2D eigenvalue weighted by Crippen LogP contribution is -2.40. The van der Waals surface area contributed by atoms with Crippen LogP contribution >= 0.6 is 0 Å².